The molecule has 1 heterocycles. The molecule has 0 spiro atoms. The van der Waals surface area contributed by atoms with Gasteiger partial charge in [-0.3, -0.25) is 9.59 Å². The lowest BCUT2D eigenvalue weighted by Crippen LogP contribution is -2.36. The lowest BCUT2D eigenvalue weighted by molar-refractivity contribution is 0.0937. The minimum Gasteiger partial charge on any atom is -0.354 e. The van der Waals surface area contributed by atoms with E-state index >= 15 is 0 Å². The Morgan fingerprint density at radius 2 is 1.82 bits per heavy atom. The zero-order chi connectivity index (χ0) is 20.3. The van der Waals surface area contributed by atoms with E-state index in [9.17, 15) is 18.0 Å². The van der Waals surface area contributed by atoms with Crippen LogP contribution in [0.3, 0.4) is 0 Å². The molecule has 0 bridgehead atoms. The standard InChI is InChI=1S/C21H24N2O4S/c1-22-21(25)19-13-16(12-17(23-19)8-14-6-4-3-5-7-14)20(24)11-15-9-18(10-15)28(2,26)27/h3-7,12-13,15,18H,8-11H2,1-2H3,(H,22,25). The summed E-state index contributed by atoms with van der Waals surface area (Å²) >= 11 is 0. The second kappa shape index (κ2) is 8.22. The van der Waals surface area contributed by atoms with Crippen LogP contribution < -0.4 is 5.32 Å². The van der Waals surface area contributed by atoms with Crippen molar-refractivity contribution in [3.05, 3.63) is 65.0 Å². The molecule has 0 unspecified atom stereocenters. The highest BCUT2D eigenvalue weighted by Gasteiger charge is 2.37. The van der Waals surface area contributed by atoms with E-state index in [0.29, 0.717) is 30.5 Å². The highest BCUT2D eigenvalue weighted by atomic mass is 32.2. The van der Waals surface area contributed by atoms with Crippen molar-refractivity contribution in [3.8, 4) is 0 Å². The lowest BCUT2D eigenvalue weighted by Gasteiger charge is -2.33. The Morgan fingerprint density at radius 3 is 2.43 bits per heavy atom. The molecule has 0 atom stereocenters. The summed E-state index contributed by atoms with van der Waals surface area (Å²) < 4.78 is 23.1. The van der Waals surface area contributed by atoms with Gasteiger partial charge in [0.15, 0.2) is 5.78 Å². The molecular weight excluding hydrogens is 376 g/mol. The Morgan fingerprint density at radius 1 is 1.14 bits per heavy atom. The van der Waals surface area contributed by atoms with Crippen molar-refractivity contribution in [1.82, 2.24) is 10.3 Å². The molecule has 28 heavy (non-hydrogen) atoms. The quantitative estimate of drug-likeness (QED) is 0.721. The van der Waals surface area contributed by atoms with E-state index in [1.165, 1.54) is 19.4 Å². The Balaban J connectivity index is 1.78. The maximum atomic E-state index is 12.8. The van der Waals surface area contributed by atoms with Gasteiger partial charge in [-0.05, 0) is 36.5 Å². The largest absolute Gasteiger partial charge is 0.354 e. The fourth-order valence-corrected chi connectivity index (χ4v) is 4.70. The van der Waals surface area contributed by atoms with Crippen LogP contribution in [-0.4, -0.2) is 43.6 Å². The summed E-state index contributed by atoms with van der Waals surface area (Å²) in [4.78, 5) is 29.2. The number of carbonyl (C=O) groups is 2. The van der Waals surface area contributed by atoms with Crippen molar-refractivity contribution in [1.29, 1.82) is 0 Å². The third-order valence-electron chi connectivity index (χ3n) is 5.16. The van der Waals surface area contributed by atoms with Crippen LogP contribution in [-0.2, 0) is 16.3 Å². The number of carbonyl (C=O) groups excluding carboxylic acids is 2. The van der Waals surface area contributed by atoms with Crippen LogP contribution in [0.2, 0.25) is 0 Å². The van der Waals surface area contributed by atoms with Crippen molar-refractivity contribution in [2.24, 2.45) is 5.92 Å². The number of aromatic nitrogens is 1. The van der Waals surface area contributed by atoms with E-state index in [2.05, 4.69) is 10.3 Å². The van der Waals surface area contributed by atoms with Crippen LogP contribution in [0.4, 0.5) is 0 Å². The van der Waals surface area contributed by atoms with Gasteiger partial charge in [-0.1, -0.05) is 30.3 Å². The zero-order valence-electron chi connectivity index (χ0n) is 16.0. The van der Waals surface area contributed by atoms with Crippen LogP contribution >= 0.6 is 0 Å². The Kier molecular flexibility index (Phi) is 5.93. The highest BCUT2D eigenvalue weighted by molar-refractivity contribution is 7.91. The molecule has 148 valence electrons. The Bertz CT molecular complexity index is 981. The number of hydrogen-bond acceptors (Lipinski definition) is 5. The average Bonchev–Trinajstić information content (AvgIpc) is 2.63. The number of ketones is 1. The number of nitrogens with zero attached hydrogens (tertiary/aromatic N) is 1. The minimum absolute atomic E-state index is 0.0708. The second-order valence-corrected chi connectivity index (χ2v) is 9.72. The minimum atomic E-state index is -3.04. The molecule has 7 heteroatoms. The molecular formula is C21H24N2O4S. The summed E-state index contributed by atoms with van der Waals surface area (Å²) in [6, 6.07) is 13.0. The van der Waals surface area contributed by atoms with Gasteiger partial charge < -0.3 is 5.32 Å². The Labute approximate surface area is 165 Å². The van der Waals surface area contributed by atoms with Gasteiger partial charge in [0, 0.05) is 37.4 Å². The molecule has 0 saturated heterocycles. The molecule has 1 aliphatic carbocycles. The van der Waals surface area contributed by atoms with E-state index in [0.717, 1.165) is 5.56 Å². The summed E-state index contributed by atoms with van der Waals surface area (Å²) in [6.45, 7) is 0. The van der Waals surface area contributed by atoms with Gasteiger partial charge >= 0.3 is 0 Å². The molecule has 0 radical (unpaired) electrons. The van der Waals surface area contributed by atoms with E-state index in [1.54, 1.807) is 6.07 Å². The summed E-state index contributed by atoms with van der Waals surface area (Å²) in [7, 11) is -1.51. The number of amides is 1. The third-order valence-corrected chi connectivity index (χ3v) is 6.76. The van der Waals surface area contributed by atoms with Gasteiger partial charge in [0.05, 0.1) is 5.25 Å². The summed E-state index contributed by atoms with van der Waals surface area (Å²) in [5.74, 6) is -0.357. The van der Waals surface area contributed by atoms with Crippen molar-refractivity contribution in [3.63, 3.8) is 0 Å². The predicted molar refractivity (Wildman–Crippen MR) is 107 cm³/mol. The summed E-state index contributed by atoms with van der Waals surface area (Å²) in [5.41, 5.74) is 2.35. The molecule has 6 nitrogen and oxygen atoms in total. The van der Waals surface area contributed by atoms with Crippen LogP contribution in [0, 0.1) is 5.92 Å². The predicted octanol–water partition coefficient (Wildman–Crippen LogP) is 2.43. The first kappa shape index (κ1) is 20.2. The van der Waals surface area contributed by atoms with Gasteiger partial charge in [0.2, 0.25) is 0 Å². The molecule has 1 aliphatic rings. The number of benzene rings is 1. The van der Waals surface area contributed by atoms with Gasteiger partial charge in [-0.15, -0.1) is 0 Å². The third kappa shape index (κ3) is 4.84. The number of hydrogen-bond donors (Lipinski definition) is 1. The van der Waals surface area contributed by atoms with Crippen molar-refractivity contribution in [2.45, 2.75) is 30.9 Å². The number of rotatable bonds is 7. The second-order valence-electron chi connectivity index (χ2n) is 7.39. The van der Waals surface area contributed by atoms with Crippen molar-refractivity contribution >= 4 is 21.5 Å². The smallest absolute Gasteiger partial charge is 0.269 e. The van der Waals surface area contributed by atoms with Gasteiger partial charge in [0.1, 0.15) is 15.5 Å². The number of nitrogens with one attached hydrogen (secondary N) is 1. The molecule has 1 fully saturated rings. The van der Waals surface area contributed by atoms with Crippen LogP contribution in [0.15, 0.2) is 42.5 Å². The fourth-order valence-electron chi connectivity index (χ4n) is 3.46. The first-order chi connectivity index (χ1) is 13.3. The maximum absolute atomic E-state index is 12.8. The van der Waals surface area contributed by atoms with Crippen LogP contribution in [0.25, 0.3) is 0 Å². The molecule has 1 aromatic heterocycles. The number of Topliss-reactive ketones (excluding diaryl/α,β-unsaturated/α-hetero) is 1. The molecule has 1 saturated carbocycles. The van der Waals surface area contributed by atoms with Crippen molar-refractivity contribution in [2.75, 3.05) is 13.3 Å². The first-order valence-electron chi connectivity index (χ1n) is 9.25. The normalized spacial score (nSPS) is 18.9. The number of pyridine rings is 1. The van der Waals surface area contributed by atoms with Crippen LogP contribution in [0.5, 0.6) is 0 Å². The summed E-state index contributed by atoms with van der Waals surface area (Å²) in [5, 5.41) is 2.21. The monoisotopic (exact) mass is 400 g/mol. The molecule has 2 aromatic rings. The maximum Gasteiger partial charge on any atom is 0.269 e. The SMILES string of the molecule is CNC(=O)c1cc(C(=O)CC2CC(S(C)(=O)=O)C2)cc(Cc2ccccc2)n1. The van der Waals surface area contributed by atoms with E-state index in [4.69, 9.17) is 0 Å². The van der Waals surface area contributed by atoms with Crippen LogP contribution in [0.1, 0.15) is 51.4 Å². The molecule has 1 aromatic carbocycles. The lowest BCUT2D eigenvalue weighted by atomic mass is 9.80. The average molecular weight is 401 g/mol. The summed E-state index contributed by atoms with van der Waals surface area (Å²) in [6.07, 6.45) is 3.09. The Hall–Kier alpha value is -2.54. The van der Waals surface area contributed by atoms with E-state index in [1.807, 2.05) is 30.3 Å². The number of sulfone groups is 1. The highest BCUT2D eigenvalue weighted by Crippen LogP contribution is 2.35. The molecule has 1 amide bonds. The molecule has 0 aliphatic heterocycles. The first-order valence-corrected chi connectivity index (χ1v) is 11.2. The zero-order valence-corrected chi connectivity index (χ0v) is 16.8. The molecule has 3 rings (SSSR count). The van der Waals surface area contributed by atoms with Gasteiger partial charge in [0.25, 0.3) is 5.91 Å². The fraction of sp³-hybridized carbons (Fsp3) is 0.381. The van der Waals surface area contributed by atoms with E-state index < -0.39 is 9.84 Å². The van der Waals surface area contributed by atoms with Gasteiger partial charge in [-0.25, -0.2) is 13.4 Å². The van der Waals surface area contributed by atoms with Gasteiger partial charge in [-0.2, -0.15) is 0 Å². The molecule has 1 N–H and O–H groups in total. The topological polar surface area (TPSA) is 93.2 Å². The van der Waals surface area contributed by atoms with Crippen molar-refractivity contribution < 1.29 is 18.0 Å². The van der Waals surface area contributed by atoms with E-state index in [-0.39, 0.29) is 35.0 Å².